The van der Waals surface area contributed by atoms with Gasteiger partial charge in [0.1, 0.15) is 5.52 Å². The number of pyridine rings is 1. The van der Waals surface area contributed by atoms with E-state index in [1.807, 2.05) is 20.8 Å². The van der Waals surface area contributed by atoms with Gasteiger partial charge in [0, 0.05) is 31.0 Å². The molecule has 2 rings (SSSR count). The second-order valence-corrected chi connectivity index (χ2v) is 7.34. The summed E-state index contributed by atoms with van der Waals surface area (Å²) < 4.78 is 28.6. The molecule has 0 amide bonds. The maximum atomic E-state index is 11.6. The molecule has 1 unspecified atom stereocenters. The van der Waals surface area contributed by atoms with Gasteiger partial charge in [0.2, 0.25) is 15.0 Å². The number of methoxy groups -OCH3 is 1. The number of sulfone groups is 1. The third-order valence-electron chi connectivity index (χ3n) is 3.09. The fourth-order valence-electron chi connectivity index (χ4n) is 1.93. The molecule has 2 aromatic rings. The molecule has 22 heavy (non-hydrogen) atoms. The molecule has 0 aliphatic heterocycles. The number of anilines is 1. The van der Waals surface area contributed by atoms with Crippen molar-refractivity contribution in [2.75, 3.05) is 18.7 Å². The van der Waals surface area contributed by atoms with E-state index in [1.165, 1.54) is 6.20 Å². The maximum absolute atomic E-state index is 11.6. The summed E-state index contributed by atoms with van der Waals surface area (Å²) in [6, 6.07) is 1.93. The molecular weight excluding hydrogens is 304 g/mol. The van der Waals surface area contributed by atoms with Crippen LogP contribution in [0.1, 0.15) is 32.6 Å². The molecule has 0 bridgehead atoms. The largest absolute Gasteiger partial charge is 0.375 e. The molecule has 0 radical (unpaired) electrons. The number of hydrogen-bond acceptors (Lipinski definition) is 7. The van der Waals surface area contributed by atoms with Crippen molar-refractivity contribution in [3.8, 4) is 0 Å². The molecule has 0 saturated heterocycles. The summed E-state index contributed by atoms with van der Waals surface area (Å²) in [5.41, 5.74) is 1.21. The first-order valence-corrected chi connectivity index (χ1v) is 8.78. The lowest BCUT2D eigenvalue weighted by molar-refractivity contribution is 0.116. The zero-order chi connectivity index (χ0) is 16.5. The smallest absolute Gasteiger partial charge is 0.247 e. The van der Waals surface area contributed by atoms with E-state index in [9.17, 15) is 8.42 Å². The van der Waals surface area contributed by atoms with Crippen molar-refractivity contribution in [1.82, 2.24) is 15.0 Å². The van der Waals surface area contributed by atoms with Crippen molar-refractivity contribution >= 4 is 26.6 Å². The molecule has 0 aromatic carbocycles. The van der Waals surface area contributed by atoms with Crippen LogP contribution in [0.25, 0.3) is 10.9 Å². The average molecular weight is 324 g/mol. The highest BCUT2D eigenvalue weighted by molar-refractivity contribution is 7.90. The zero-order valence-electron chi connectivity index (χ0n) is 13.3. The van der Waals surface area contributed by atoms with E-state index in [2.05, 4.69) is 20.3 Å². The van der Waals surface area contributed by atoms with Crippen molar-refractivity contribution in [3.63, 3.8) is 0 Å². The number of aromatic nitrogens is 3. The van der Waals surface area contributed by atoms with Crippen LogP contribution < -0.4 is 5.32 Å². The molecular formula is C14H20N4O3S. The van der Waals surface area contributed by atoms with E-state index in [-0.39, 0.29) is 17.3 Å². The third kappa shape index (κ3) is 3.50. The van der Waals surface area contributed by atoms with E-state index in [0.29, 0.717) is 16.7 Å². The van der Waals surface area contributed by atoms with Crippen molar-refractivity contribution < 1.29 is 13.2 Å². The van der Waals surface area contributed by atoms with Gasteiger partial charge in [-0.1, -0.05) is 0 Å². The van der Waals surface area contributed by atoms with Gasteiger partial charge in [-0.2, -0.15) is 0 Å². The van der Waals surface area contributed by atoms with Gasteiger partial charge >= 0.3 is 0 Å². The minimum absolute atomic E-state index is 0.125. The fourth-order valence-corrected chi connectivity index (χ4v) is 2.43. The van der Waals surface area contributed by atoms with Crippen LogP contribution in [0.3, 0.4) is 0 Å². The Balaban J connectivity index is 2.70. The molecule has 0 saturated carbocycles. The summed E-state index contributed by atoms with van der Waals surface area (Å²) in [5, 5.41) is 3.70. The van der Waals surface area contributed by atoms with Crippen LogP contribution in [-0.4, -0.2) is 42.8 Å². The van der Waals surface area contributed by atoms with Crippen LogP contribution >= 0.6 is 0 Å². The second kappa shape index (κ2) is 6.13. The molecule has 0 fully saturated rings. The summed E-state index contributed by atoms with van der Waals surface area (Å²) >= 11 is 0. The molecule has 120 valence electrons. The minimum Gasteiger partial charge on any atom is -0.375 e. The zero-order valence-corrected chi connectivity index (χ0v) is 14.1. The summed E-state index contributed by atoms with van der Waals surface area (Å²) in [5.74, 6) is 0.527. The Labute approximate surface area is 130 Å². The van der Waals surface area contributed by atoms with Crippen molar-refractivity contribution in [3.05, 3.63) is 18.0 Å². The van der Waals surface area contributed by atoms with Crippen LogP contribution in [0.15, 0.2) is 17.4 Å². The van der Waals surface area contributed by atoms with E-state index >= 15 is 0 Å². The van der Waals surface area contributed by atoms with Crippen LogP contribution in [0.4, 0.5) is 5.82 Å². The van der Waals surface area contributed by atoms with Crippen LogP contribution in [0.5, 0.6) is 0 Å². The number of nitrogens with zero attached hydrogens (tertiary/aromatic N) is 3. The number of fused-ring (bicyclic) bond motifs is 1. The fraction of sp³-hybridized carbons (Fsp3) is 0.500. The van der Waals surface area contributed by atoms with Crippen LogP contribution in [0, 0.1) is 0 Å². The summed E-state index contributed by atoms with van der Waals surface area (Å²) in [6.45, 7) is 5.83. The third-order valence-corrected chi connectivity index (χ3v) is 3.95. The molecule has 8 heteroatoms. The number of rotatable bonds is 5. The lowest BCUT2D eigenvalue weighted by Gasteiger charge is -2.16. The topological polar surface area (TPSA) is 94.1 Å². The molecule has 2 heterocycles. The van der Waals surface area contributed by atoms with Gasteiger partial charge in [-0.25, -0.2) is 23.4 Å². The Morgan fingerprint density at radius 1 is 1.23 bits per heavy atom. The first kappa shape index (κ1) is 16.6. The van der Waals surface area contributed by atoms with Gasteiger partial charge in [-0.05, 0) is 26.8 Å². The van der Waals surface area contributed by atoms with E-state index in [0.717, 1.165) is 11.9 Å². The van der Waals surface area contributed by atoms with E-state index < -0.39 is 9.84 Å². The van der Waals surface area contributed by atoms with Gasteiger partial charge in [0.05, 0.1) is 11.8 Å². The maximum Gasteiger partial charge on any atom is 0.247 e. The summed E-state index contributed by atoms with van der Waals surface area (Å²) in [4.78, 5) is 12.6. The standard InChI is InChI=1S/C14H20N4O3S/c1-8(2)16-13-12-10(6-11(17-13)9(3)21-4)7-15-14(18-12)22(5,19)20/h6-9H,1-5H3,(H,16,17). The first-order valence-electron chi connectivity index (χ1n) is 6.89. The number of ether oxygens (including phenoxy) is 1. The van der Waals surface area contributed by atoms with E-state index in [4.69, 9.17) is 4.74 Å². The highest BCUT2D eigenvalue weighted by Crippen LogP contribution is 2.25. The lowest BCUT2D eigenvalue weighted by atomic mass is 10.2. The highest BCUT2D eigenvalue weighted by atomic mass is 32.2. The van der Waals surface area contributed by atoms with Gasteiger partial charge in [0.15, 0.2) is 5.82 Å². The van der Waals surface area contributed by atoms with Crippen LogP contribution in [-0.2, 0) is 14.6 Å². The predicted molar refractivity (Wildman–Crippen MR) is 84.6 cm³/mol. The summed E-state index contributed by atoms with van der Waals surface area (Å²) in [6.07, 6.45) is 2.39. The van der Waals surface area contributed by atoms with Gasteiger partial charge < -0.3 is 10.1 Å². The average Bonchev–Trinajstić information content (AvgIpc) is 2.44. The highest BCUT2D eigenvalue weighted by Gasteiger charge is 2.17. The lowest BCUT2D eigenvalue weighted by Crippen LogP contribution is -2.14. The van der Waals surface area contributed by atoms with Crippen molar-refractivity contribution in [2.24, 2.45) is 0 Å². The monoisotopic (exact) mass is 324 g/mol. The molecule has 7 nitrogen and oxygen atoms in total. The molecule has 0 aliphatic rings. The Morgan fingerprint density at radius 2 is 1.91 bits per heavy atom. The normalized spacial score (nSPS) is 13.5. The van der Waals surface area contributed by atoms with Crippen molar-refractivity contribution in [2.45, 2.75) is 38.1 Å². The van der Waals surface area contributed by atoms with Crippen LogP contribution in [0.2, 0.25) is 0 Å². The minimum atomic E-state index is -3.47. The molecule has 1 N–H and O–H groups in total. The van der Waals surface area contributed by atoms with E-state index in [1.54, 1.807) is 13.2 Å². The number of hydrogen-bond donors (Lipinski definition) is 1. The Hall–Kier alpha value is -1.80. The molecule has 1 atom stereocenters. The predicted octanol–water partition coefficient (Wildman–Crippen LogP) is 1.96. The van der Waals surface area contributed by atoms with Crippen molar-refractivity contribution in [1.29, 1.82) is 0 Å². The second-order valence-electron chi connectivity index (χ2n) is 5.44. The van der Waals surface area contributed by atoms with Gasteiger partial charge in [0.25, 0.3) is 0 Å². The first-order chi connectivity index (χ1) is 10.2. The Morgan fingerprint density at radius 3 is 2.45 bits per heavy atom. The Kier molecular flexibility index (Phi) is 4.62. The summed E-state index contributed by atoms with van der Waals surface area (Å²) in [7, 11) is -1.87. The van der Waals surface area contributed by atoms with Gasteiger partial charge in [-0.3, -0.25) is 0 Å². The molecule has 2 aromatic heterocycles. The SMILES string of the molecule is COC(C)c1cc2cnc(S(C)(=O)=O)nc2c(NC(C)C)n1. The quantitative estimate of drug-likeness (QED) is 0.840. The molecule has 0 aliphatic carbocycles. The van der Waals surface area contributed by atoms with Gasteiger partial charge in [-0.15, -0.1) is 0 Å². The number of nitrogens with one attached hydrogen (secondary N) is 1. The Bertz CT molecular complexity index is 790. The molecule has 0 spiro atoms.